The molecule has 1 aliphatic rings. The van der Waals surface area contributed by atoms with E-state index in [-0.39, 0.29) is 4.90 Å². The summed E-state index contributed by atoms with van der Waals surface area (Å²) in [5.74, 6) is 0. The first-order chi connectivity index (χ1) is 16.8. The Kier molecular flexibility index (Phi) is 6.20. The Morgan fingerprint density at radius 1 is 0.714 bits per heavy atom. The number of rotatable bonds is 5. The molecule has 0 spiro atoms. The number of hydrogen-bond acceptors (Lipinski definition) is 3. The van der Waals surface area contributed by atoms with Crippen molar-refractivity contribution in [2.75, 3.05) is 0 Å². The number of halogens is 2. The van der Waals surface area contributed by atoms with Crippen molar-refractivity contribution in [2.24, 2.45) is 0 Å². The van der Waals surface area contributed by atoms with Crippen molar-refractivity contribution in [1.29, 1.82) is 0 Å². The van der Waals surface area contributed by atoms with Gasteiger partial charge in [-0.25, -0.2) is 4.84 Å². The minimum Gasteiger partial charge on any atom is -0.238 e. The van der Waals surface area contributed by atoms with Gasteiger partial charge in [0, 0.05) is 15.6 Å². The molecule has 0 radical (unpaired) electrons. The molecule has 0 saturated heterocycles. The van der Waals surface area contributed by atoms with Crippen LogP contribution in [0.25, 0.3) is 5.70 Å². The van der Waals surface area contributed by atoms with Crippen molar-refractivity contribution in [3.8, 4) is 0 Å². The van der Waals surface area contributed by atoms with Gasteiger partial charge < -0.3 is 0 Å². The second-order valence-corrected chi connectivity index (χ2v) is 10.9. The minimum absolute atomic E-state index is 0.132. The lowest BCUT2D eigenvalue weighted by atomic mass is 9.85. The van der Waals surface area contributed by atoms with E-state index in [0.717, 1.165) is 21.2 Å². The lowest BCUT2D eigenvalue weighted by molar-refractivity contribution is -0.102. The number of sulfonamides is 1. The van der Waals surface area contributed by atoms with Crippen molar-refractivity contribution in [3.63, 3.8) is 0 Å². The lowest BCUT2D eigenvalue weighted by Gasteiger charge is -2.30. The third kappa shape index (κ3) is 4.37. The molecule has 0 bridgehead atoms. The van der Waals surface area contributed by atoms with Crippen molar-refractivity contribution >= 4 is 38.9 Å². The summed E-state index contributed by atoms with van der Waals surface area (Å²) in [7, 11) is -4.07. The van der Waals surface area contributed by atoms with Gasteiger partial charge in [0.25, 0.3) is 10.0 Å². The summed E-state index contributed by atoms with van der Waals surface area (Å²) in [6.07, 6.45) is 1.83. The molecule has 7 heteroatoms. The molecular formula is C28H21Cl2NO3S. The largest absolute Gasteiger partial charge is 0.286 e. The predicted molar refractivity (Wildman–Crippen MR) is 139 cm³/mol. The van der Waals surface area contributed by atoms with Crippen LogP contribution in [0, 0.1) is 6.92 Å². The highest BCUT2D eigenvalue weighted by molar-refractivity contribution is 7.89. The fourth-order valence-electron chi connectivity index (χ4n) is 4.07. The summed E-state index contributed by atoms with van der Waals surface area (Å²) < 4.78 is 28.8. The van der Waals surface area contributed by atoms with Gasteiger partial charge in [-0.15, -0.1) is 4.47 Å². The topological polar surface area (TPSA) is 46.6 Å². The van der Waals surface area contributed by atoms with Gasteiger partial charge >= 0.3 is 0 Å². The Balaban J connectivity index is 1.75. The summed E-state index contributed by atoms with van der Waals surface area (Å²) in [4.78, 5) is 6.62. The van der Waals surface area contributed by atoms with Crippen LogP contribution in [0.2, 0.25) is 10.0 Å². The van der Waals surface area contributed by atoms with Gasteiger partial charge in [-0.2, -0.15) is 8.42 Å². The highest BCUT2D eigenvalue weighted by Gasteiger charge is 2.47. The second-order valence-electron chi connectivity index (χ2n) is 8.28. The van der Waals surface area contributed by atoms with E-state index in [9.17, 15) is 8.42 Å². The molecule has 0 aromatic heterocycles. The number of benzene rings is 4. The van der Waals surface area contributed by atoms with Crippen LogP contribution in [0.15, 0.2) is 114 Å². The predicted octanol–water partition coefficient (Wildman–Crippen LogP) is 7.22. The normalized spacial score (nSPS) is 15.2. The Labute approximate surface area is 215 Å². The molecule has 0 N–H and O–H groups in total. The Bertz CT molecular complexity index is 1440. The lowest BCUT2D eigenvalue weighted by Crippen LogP contribution is -2.34. The maximum atomic E-state index is 13.9. The zero-order valence-electron chi connectivity index (χ0n) is 18.7. The summed E-state index contributed by atoms with van der Waals surface area (Å²) in [6, 6.07) is 30.3. The van der Waals surface area contributed by atoms with Crippen molar-refractivity contribution in [2.45, 2.75) is 17.4 Å². The SMILES string of the molecule is Cc1ccc(S(=O)(=O)N2OC(c3ccc(Cl)cc3)(c3ccc(Cl)cc3)C=C2c2ccccc2)cc1. The van der Waals surface area contributed by atoms with Crippen LogP contribution >= 0.6 is 23.2 Å². The Hall–Kier alpha value is -3.09. The zero-order valence-corrected chi connectivity index (χ0v) is 21.1. The summed E-state index contributed by atoms with van der Waals surface area (Å²) in [5, 5.41) is 1.13. The molecule has 176 valence electrons. The van der Waals surface area contributed by atoms with Gasteiger partial charge in [0.2, 0.25) is 0 Å². The second kappa shape index (κ2) is 9.17. The van der Waals surface area contributed by atoms with Crippen molar-refractivity contribution < 1.29 is 13.3 Å². The molecule has 0 amide bonds. The quantitative estimate of drug-likeness (QED) is 0.278. The molecular weight excluding hydrogens is 501 g/mol. The van der Waals surface area contributed by atoms with E-state index in [1.807, 2.05) is 67.6 Å². The first kappa shape index (κ1) is 23.6. The van der Waals surface area contributed by atoms with Gasteiger partial charge in [-0.05, 0) is 60.5 Å². The van der Waals surface area contributed by atoms with Crippen LogP contribution in [0.3, 0.4) is 0 Å². The van der Waals surface area contributed by atoms with Gasteiger partial charge in [0.1, 0.15) is 0 Å². The molecule has 0 aliphatic carbocycles. The van der Waals surface area contributed by atoms with Crippen molar-refractivity contribution in [1.82, 2.24) is 4.47 Å². The monoisotopic (exact) mass is 521 g/mol. The molecule has 0 atom stereocenters. The average Bonchev–Trinajstić information content (AvgIpc) is 3.29. The molecule has 5 rings (SSSR count). The first-order valence-electron chi connectivity index (χ1n) is 10.9. The molecule has 0 unspecified atom stereocenters. The summed E-state index contributed by atoms with van der Waals surface area (Å²) in [6.45, 7) is 1.91. The molecule has 4 aromatic carbocycles. The van der Waals surface area contributed by atoms with E-state index < -0.39 is 15.6 Å². The fourth-order valence-corrected chi connectivity index (χ4v) is 5.62. The van der Waals surface area contributed by atoms with E-state index in [2.05, 4.69) is 0 Å². The van der Waals surface area contributed by atoms with Crippen LogP contribution in [0.5, 0.6) is 0 Å². The molecule has 0 fully saturated rings. The molecule has 4 nitrogen and oxygen atoms in total. The first-order valence-corrected chi connectivity index (χ1v) is 13.1. The Morgan fingerprint density at radius 2 is 1.23 bits per heavy atom. The van der Waals surface area contributed by atoms with E-state index in [1.54, 1.807) is 48.5 Å². The third-order valence-corrected chi connectivity index (χ3v) is 8.00. The highest BCUT2D eigenvalue weighted by Crippen LogP contribution is 2.47. The molecule has 0 saturated carbocycles. The summed E-state index contributed by atoms with van der Waals surface area (Å²) in [5.41, 5.74) is 2.28. The third-order valence-electron chi connectivity index (χ3n) is 5.92. The maximum absolute atomic E-state index is 13.9. The Morgan fingerprint density at radius 3 is 1.74 bits per heavy atom. The number of aryl methyl sites for hydroxylation is 1. The van der Waals surface area contributed by atoms with Crippen LogP contribution in [-0.4, -0.2) is 12.9 Å². The zero-order chi connectivity index (χ0) is 24.6. The average molecular weight is 522 g/mol. The fraction of sp³-hybridized carbons (Fsp3) is 0.0714. The molecule has 4 aromatic rings. The number of nitrogens with zero attached hydrogens (tertiary/aromatic N) is 1. The molecule has 1 aliphatic heterocycles. The van der Waals surface area contributed by atoms with Gasteiger partial charge in [-0.1, -0.05) is 95.5 Å². The van der Waals surface area contributed by atoms with Gasteiger partial charge in [0.05, 0.1) is 10.6 Å². The van der Waals surface area contributed by atoms with E-state index in [4.69, 9.17) is 28.0 Å². The minimum atomic E-state index is -4.07. The summed E-state index contributed by atoms with van der Waals surface area (Å²) >= 11 is 12.3. The van der Waals surface area contributed by atoms with Gasteiger partial charge in [-0.3, -0.25) is 0 Å². The molecule has 1 heterocycles. The van der Waals surface area contributed by atoms with Crippen molar-refractivity contribution in [3.05, 3.63) is 142 Å². The van der Waals surface area contributed by atoms with E-state index in [0.29, 0.717) is 21.3 Å². The van der Waals surface area contributed by atoms with E-state index in [1.165, 1.54) is 0 Å². The van der Waals surface area contributed by atoms with E-state index >= 15 is 0 Å². The highest BCUT2D eigenvalue weighted by atomic mass is 35.5. The van der Waals surface area contributed by atoms with Crippen LogP contribution in [-0.2, 0) is 20.5 Å². The number of hydrogen-bond donors (Lipinski definition) is 0. The maximum Gasteiger partial charge on any atom is 0.286 e. The smallest absolute Gasteiger partial charge is 0.238 e. The standard InChI is InChI=1S/C28H21Cl2NO3S/c1-20-7-17-26(18-8-20)35(32,33)31-27(21-5-3-2-4-6-21)19-28(34-31,22-9-13-24(29)14-10-22)23-11-15-25(30)16-12-23/h2-19H,1H3. The van der Waals surface area contributed by atoms with Crippen LogP contribution in [0.4, 0.5) is 0 Å². The van der Waals surface area contributed by atoms with Gasteiger partial charge in [0.15, 0.2) is 5.60 Å². The number of hydroxylamine groups is 1. The van der Waals surface area contributed by atoms with Crippen LogP contribution in [0.1, 0.15) is 22.3 Å². The van der Waals surface area contributed by atoms with Crippen LogP contribution < -0.4 is 0 Å². The molecule has 35 heavy (non-hydrogen) atoms.